The van der Waals surface area contributed by atoms with Gasteiger partial charge in [0.25, 0.3) is 0 Å². The van der Waals surface area contributed by atoms with Gasteiger partial charge in [0.1, 0.15) is 23.4 Å². The van der Waals surface area contributed by atoms with Gasteiger partial charge in [-0.1, -0.05) is 0 Å². The molecule has 1 aromatic carbocycles. The molecule has 0 radical (unpaired) electrons. The Morgan fingerprint density at radius 2 is 1.86 bits per heavy atom. The Labute approximate surface area is 122 Å². The minimum absolute atomic E-state index is 0.0155. The molecule has 2 unspecified atom stereocenters. The molecule has 2 saturated heterocycles. The summed E-state index contributed by atoms with van der Waals surface area (Å²) < 4.78 is 24.3. The van der Waals surface area contributed by atoms with Gasteiger partial charge in [-0.15, -0.1) is 0 Å². The molecule has 21 heavy (non-hydrogen) atoms. The fourth-order valence-electron chi connectivity index (χ4n) is 3.45. The summed E-state index contributed by atoms with van der Waals surface area (Å²) >= 11 is 0. The first-order chi connectivity index (χ1) is 10.1. The van der Waals surface area contributed by atoms with E-state index >= 15 is 0 Å². The number of hydrogen-bond acceptors (Lipinski definition) is 3. The summed E-state index contributed by atoms with van der Waals surface area (Å²) in [5.41, 5.74) is 0. The monoisotopic (exact) mass is 295 g/mol. The normalized spacial score (nSPS) is 27.5. The van der Waals surface area contributed by atoms with E-state index in [4.69, 9.17) is 9.47 Å². The molecule has 2 aliphatic rings. The second-order valence-electron chi connectivity index (χ2n) is 5.61. The van der Waals surface area contributed by atoms with Crippen LogP contribution in [0.25, 0.3) is 0 Å². The first-order valence-corrected chi connectivity index (χ1v) is 7.09. The lowest BCUT2D eigenvalue weighted by molar-refractivity contribution is 0.0494. The third kappa shape index (κ3) is 2.75. The van der Waals surface area contributed by atoms with Gasteiger partial charge in [-0.3, -0.25) is 0 Å². The number of nitrogens with zero attached hydrogens (tertiary/aromatic N) is 1. The maximum atomic E-state index is 13.5. The summed E-state index contributed by atoms with van der Waals surface area (Å²) in [4.78, 5) is 12.8. The van der Waals surface area contributed by atoms with Gasteiger partial charge in [0.15, 0.2) is 0 Å². The molecule has 0 aromatic heterocycles. The molecule has 1 amide bonds. The Balaban J connectivity index is 1.70. The van der Waals surface area contributed by atoms with Crippen molar-refractivity contribution in [2.75, 3.05) is 7.11 Å². The standard InChI is InChI=1S/C15H18FNO4/c1-20-12-4-9(16)5-13(8-12)21-14-6-10-2-3-11(7-14)17(10)15(18)19/h4-5,8,10-11,14H,2-3,6-7H2,1H3,(H,18,19). The van der Waals surface area contributed by atoms with Crippen molar-refractivity contribution in [3.63, 3.8) is 0 Å². The molecule has 3 rings (SSSR count). The van der Waals surface area contributed by atoms with Crippen molar-refractivity contribution >= 4 is 6.09 Å². The average molecular weight is 295 g/mol. The predicted octanol–water partition coefficient (Wildman–Crippen LogP) is 2.89. The average Bonchev–Trinajstić information content (AvgIpc) is 2.70. The Kier molecular flexibility index (Phi) is 3.61. The summed E-state index contributed by atoms with van der Waals surface area (Å²) in [5.74, 6) is 0.436. The highest BCUT2D eigenvalue weighted by Crippen LogP contribution is 2.37. The first kappa shape index (κ1) is 14.0. The zero-order chi connectivity index (χ0) is 15.0. The molecule has 2 heterocycles. The van der Waals surface area contributed by atoms with Gasteiger partial charge in [-0.25, -0.2) is 9.18 Å². The molecule has 2 atom stereocenters. The zero-order valence-electron chi connectivity index (χ0n) is 11.8. The Morgan fingerprint density at radius 3 is 2.43 bits per heavy atom. The number of benzene rings is 1. The van der Waals surface area contributed by atoms with Crippen LogP contribution in [0.2, 0.25) is 0 Å². The third-order valence-corrected chi connectivity index (χ3v) is 4.29. The van der Waals surface area contributed by atoms with Crippen molar-refractivity contribution in [2.45, 2.75) is 43.9 Å². The number of amides is 1. The van der Waals surface area contributed by atoms with Gasteiger partial charge in [0.05, 0.1) is 7.11 Å². The fraction of sp³-hybridized carbons (Fsp3) is 0.533. The molecular weight excluding hydrogens is 277 g/mol. The van der Waals surface area contributed by atoms with Crippen LogP contribution in [-0.2, 0) is 0 Å². The maximum absolute atomic E-state index is 13.5. The summed E-state index contributed by atoms with van der Waals surface area (Å²) in [7, 11) is 1.48. The van der Waals surface area contributed by atoms with Crippen molar-refractivity contribution in [3.05, 3.63) is 24.0 Å². The number of carbonyl (C=O) groups is 1. The molecule has 0 spiro atoms. The summed E-state index contributed by atoms with van der Waals surface area (Å²) in [6.45, 7) is 0. The number of methoxy groups -OCH3 is 1. The van der Waals surface area contributed by atoms with Crippen LogP contribution in [0.3, 0.4) is 0 Å². The lowest BCUT2D eigenvalue weighted by Crippen LogP contribution is -2.48. The number of halogens is 1. The Hall–Kier alpha value is -1.98. The van der Waals surface area contributed by atoms with E-state index in [9.17, 15) is 14.3 Å². The fourth-order valence-corrected chi connectivity index (χ4v) is 3.45. The number of hydrogen-bond donors (Lipinski definition) is 1. The number of carboxylic acid groups (broad SMARTS) is 1. The zero-order valence-corrected chi connectivity index (χ0v) is 11.8. The van der Waals surface area contributed by atoms with Crippen LogP contribution in [0.15, 0.2) is 18.2 Å². The first-order valence-electron chi connectivity index (χ1n) is 7.09. The van der Waals surface area contributed by atoms with E-state index in [-0.39, 0.29) is 18.2 Å². The topological polar surface area (TPSA) is 59.0 Å². The minimum atomic E-state index is -0.853. The predicted molar refractivity (Wildman–Crippen MR) is 73.3 cm³/mol. The molecule has 2 aliphatic heterocycles. The van der Waals surface area contributed by atoms with Gasteiger partial charge in [0, 0.05) is 43.1 Å². The number of fused-ring (bicyclic) bond motifs is 2. The Bertz CT molecular complexity index is 536. The van der Waals surface area contributed by atoms with E-state index in [2.05, 4.69) is 0 Å². The second kappa shape index (κ2) is 5.42. The molecule has 2 fully saturated rings. The highest BCUT2D eigenvalue weighted by atomic mass is 19.1. The lowest BCUT2D eigenvalue weighted by atomic mass is 10.0. The van der Waals surface area contributed by atoms with Crippen LogP contribution in [0.5, 0.6) is 11.5 Å². The molecule has 114 valence electrons. The number of piperidine rings is 1. The van der Waals surface area contributed by atoms with E-state index in [0.29, 0.717) is 24.3 Å². The van der Waals surface area contributed by atoms with E-state index in [1.165, 1.54) is 19.2 Å². The van der Waals surface area contributed by atoms with E-state index in [0.717, 1.165) is 12.8 Å². The van der Waals surface area contributed by atoms with Crippen molar-refractivity contribution in [1.82, 2.24) is 4.90 Å². The molecule has 0 saturated carbocycles. The lowest BCUT2D eigenvalue weighted by Gasteiger charge is -2.37. The van der Waals surface area contributed by atoms with Crippen LogP contribution in [0.1, 0.15) is 25.7 Å². The largest absolute Gasteiger partial charge is 0.497 e. The summed E-state index contributed by atoms with van der Waals surface area (Å²) in [5, 5.41) is 9.22. The van der Waals surface area contributed by atoms with E-state index < -0.39 is 11.9 Å². The highest BCUT2D eigenvalue weighted by molar-refractivity contribution is 5.66. The van der Waals surface area contributed by atoms with Crippen molar-refractivity contribution in [1.29, 1.82) is 0 Å². The molecule has 5 nitrogen and oxygen atoms in total. The van der Waals surface area contributed by atoms with Gasteiger partial charge < -0.3 is 19.5 Å². The van der Waals surface area contributed by atoms with Crippen molar-refractivity contribution in [3.8, 4) is 11.5 Å². The Morgan fingerprint density at radius 1 is 1.24 bits per heavy atom. The van der Waals surface area contributed by atoms with Crippen molar-refractivity contribution < 1.29 is 23.8 Å². The van der Waals surface area contributed by atoms with E-state index in [1.807, 2.05) is 0 Å². The number of rotatable bonds is 3. The molecular formula is C15H18FNO4. The minimum Gasteiger partial charge on any atom is -0.497 e. The maximum Gasteiger partial charge on any atom is 0.407 e. The van der Waals surface area contributed by atoms with Gasteiger partial charge >= 0.3 is 6.09 Å². The van der Waals surface area contributed by atoms with Gasteiger partial charge in [-0.05, 0) is 12.8 Å². The SMILES string of the molecule is COc1cc(F)cc(OC2CC3CCC(C2)N3C(=O)O)c1. The molecule has 2 bridgehead atoms. The quantitative estimate of drug-likeness (QED) is 0.931. The van der Waals surface area contributed by atoms with Crippen LogP contribution in [0.4, 0.5) is 9.18 Å². The second-order valence-corrected chi connectivity index (χ2v) is 5.61. The van der Waals surface area contributed by atoms with Gasteiger partial charge in [-0.2, -0.15) is 0 Å². The molecule has 6 heteroatoms. The van der Waals surface area contributed by atoms with Crippen molar-refractivity contribution in [2.24, 2.45) is 0 Å². The highest BCUT2D eigenvalue weighted by Gasteiger charge is 2.44. The smallest absolute Gasteiger partial charge is 0.407 e. The van der Waals surface area contributed by atoms with E-state index in [1.54, 1.807) is 11.0 Å². The summed E-state index contributed by atoms with van der Waals surface area (Å²) in [6.07, 6.45) is 2.13. The summed E-state index contributed by atoms with van der Waals surface area (Å²) in [6, 6.07) is 4.30. The van der Waals surface area contributed by atoms with Crippen LogP contribution in [0, 0.1) is 5.82 Å². The molecule has 1 N–H and O–H groups in total. The number of ether oxygens (including phenoxy) is 2. The van der Waals surface area contributed by atoms with Crippen LogP contribution >= 0.6 is 0 Å². The third-order valence-electron chi connectivity index (χ3n) is 4.29. The van der Waals surface area contributed by atoms with Crippen LogP contribution in [-0.4, -0.2) is 41.4 Å². The van der Waals surface area contributed by atoms with Crippen LogP contribution < -0.4 is 9.47 Å². The molecule has 1 aromatic rings. The van der Waals surface area contributed by atoms with Gasteiger partial charge in [0.2, 0.25) is 0 Å². The molecule has 0 aliphatic carbocycles.